The molecule has 21 heavy (non-hydrogen) atoms. The first-order chi connectivity index (χ1) is 10.2. The van der Waals surface area contributed by atoms with E-state index in [9.17, 15) is 4.79 Å². The fourth-order valence-electron chi connectivity index (χ4n) is 2.79. The molecule has 1 aromatic carbocycles. The SMILES string of the molecule is CCn1nc(C)cc1C(=O)CCc1ccc2c(c1)CCO2. The van der Waals surface area contributed by atoms with Crippen molar-refractivity contribution in [2.24, 2.45) is 0 Å². The molecule has 0 fully saturated rings. The van der Waals surface area contributed by atoms with Gasteiger partial charge in [0, 0.05) is 19.4 Å². The van der Waals surface area contributed by atoms with Gasteiger partial charge >= 0.3 is 0 Å². The lowest BCUT2D eigenvalue weighted by atomic mass is 10.0. The van der Waals surface area contributed by atoms with E-state index in [0.717, 1.165) is 43.1 Å². The van der Waals surface area contributed by atoms with Gasteiger partial charge in [0.25, 0.3) is 0 Å². The highest BCUT2D eigenvalue weighted by molar-refractivity contribution is 5.94. The third-order valence-corrected chi connectivity index (χ3v) is 3.88. The zero-order valence-corrected chi connectivity index (χ0v) is 12.6. The largest absolute Gasteiger partial charge is 0.493 e. The molecule has 0 radical (unpaired) electrons. The molecule has 0 saturated carbocycles. The van der Waals surface area contributed by atoms with Gasteiger partial charge in [0.05, 0.1) is 12.3 Å². The highest BCUT2D eigenvalue weighted by Gasteiger charge is 2.15. The average molecular weight is 284 g/mol. The van der Waals surface area contributed by atoms with Crippen LogP contribution in [0, 0.1) is 6.92 Å². The monoisotopic (exact) mass is 284 g/mol. The Morgan fingerprint density at radius 2 is 2.24 bits per heavy atom. The summed E-state index contributed by atoms with van der Waals surface area (Å²) in [6.45, 7) is 5.42. The van der Waals surface area contributed by atoms with Gasteiger partial charge in [-0.25, -0.2) is 0 Å². The number of aromatic nitrogens is 2. The quantitative estimate of drug-likeness (QED) is 0.793. The summed E-state index contributed by atoms with van der Waals surface area (Å²) in [5.74, 6) is 1.15. The molecule has 1 aromatic heterocycles. The summed E-state index contributed by atoms with van der Waals surface area (Å²) in [5.41, 5.74) is 4.08. The van der Waals surface area contributed by atoms with Crippen molar-refractivity contribution in [2.45, 2.75) is 39.7 Å². The Kier molecular flexibility index (Phi) is 3.78. The lowest BCUT2D eigenvalue weighted by Crippen LogP contribution is -2.10. The van der Waals surface area contributed by atoms with Crippen molar-refractivity contribution in [3.8, 4) is 5.75 Å². The van der Waals surface area contributed by atoms with Crippen LogP contribution in [0.25, 0.3) is 0 Å². The number of Topliss-reactive ketones (excluding diaryl/α,β-unsaturated/α-hetero) is 1. The van der Waals surface area contributed by atoms with E-state index in [1.165, 1.54) is 11.1 Å². The predicted molar refractivity (Wildman–Crippen MR) is 80.9 cm³/mol. The van der Waals surface area contributed by atoms with E-state index < -0.39 is 0 Å². The van der Waals surface area contributed by atoms with E-state index >= 15 is 0 Å². The molecule has 0 unspecified atom stereocenters. The molecule has 0 aliphatic carbocycles. The molecule has 2 aromatic rings. The molecule has 4 heteroatoms. The second-order valence-corrected chi connectivity index (χ2v) is 5.45. The smallest absolute Gasteiger partial charge is 0.181 e. The van der Waals surface area contributed by atoms with Crippen molar-refractivity contribution in [1.29, 1.82) is 0 Å². The highest BCUT2D eigenvalue weighted by Crippen LogP contribution is 2.26. The Bertz CT molecular complexity index is 673. The summed E-state index contributed by atoms with van der Waals surface area (Å²) in [7, 11) is 0. The van der Waals surface area contributed by atoms with Gasteiger partial charge in [0.2, 0.25) is 0 Å². The van der Waals surface area contributed by atoms with Crippen LogP contribution in [-0.4, -0.2) is 22.2 Å². The first kappa shape index (κ1) is 13.9. The van der Waals surface area contributed by atoms with Gasteiger partial charge in [0.1, 0.15) is 11.4 Å². The zero-order valence-electron chi connectivity index (χ0n) is 12.6. The Hall–Kier alpha value is -2.10. The Morgan fingerprint density at radius 3 is 3.05 bits per heavy atom. The number of fused-ring (bicyclic) bond motifs is 1. The lowest BCUT2D eigenvalue weighted by molar-refractivity contribution is 0.0972. The predicted octanol–water partition coefficient (Wildman–Crippen LogP) is 2.96. The van der Waals surface area contributed by atoms with Crippen molar-refractivity contribution >= 4 is 5.78 Å². The second kappa shape index (κ2) is 5.72. The molecule has 0 N–H and O–H groups in total. The standard InChI is InChI=1S/C17H20N2O2/c1-3-19-15(10-12(2)18-19)16(20)6-4-13-5-7-17-14(11-13)8-9-21-17/h5,7,10-11H,3-4,6,8-9H2,1-2H3. The molecule has 1 aliphatic heterocycles. The molecule has 4 nitrogen and oxygen atoms in total. The van der Waals surface area contributed by atoms with E-state index in [4.69, 9.17) is 4.74 Å². The van der Waals surface area contributed by atoms with Gasteiger partial charge < -0.3 is 4.74 Å². The van der Waals surface area contributed by atoms with Crippen molar-refractivity contribution in [3.05, 3.63) is 46.8 Å². The molecular formula is C17H20N2O2. The van der Waals surface area contributed by atoms with E-state index in [-0.39, 0.29) is 5.78 Å². The molecule has 0 amide bonds. The lowest BCUT2D eigenvalue weighted by Gasteiger charge is -2.05. The number of ketones is 1. The van der Waals surface area contributed by atoms with Crippen molar-refractivity contribution in [3.63, 3.8) is 0 Å². The van der Waals surface area contributed by atoms with Crippen LogP contribution >= 0.6 is 0 Å². The van der Waals surface area contributed by atoms with Crippen LogP contribution < -0.4 is 4.74 Å². The second-order valence-electron chi connectivity index (χ2n) is 5.45. The van der Waals surface area contributed by atoms with Crippen molar-refractivity contribution < 1.29 is 9.53 Å². The molecule has 0 atom stereocenters. The van der Waals surface area contributed by atoms with Crippen LogP contribution in [0.15, 0.2) is 24.3 Å². The molecule has 0 bridgehead atoms. The highest BCUT2D eigenvalue weighted by atomic mass is 16.5. The fraction of sp³-hybridized carbons (Fsp3) is 0.412. The summed E-state index contributed by atoms with van der Waals surface area (Å²) in [4.78, 5) is 12.4. The third kappa shape index (κ3) is 2.84. The van der Waals surface area contributed by atoms with Crippen LogP contribution in [0.2, 0.25) is 0 Å². The molecule has 3 rings (SSSR count). The number of hydrogen-bond acceptors (Lipinski definition) is 3. The Morgan fingerprint density at radius 1 is 1.38 bits per heavy atom. The maximum atomic E-state index is 12.4. The number of aryl methyl sites for hydroxylation is 3. The summed E-state index contributed by atoms with van der Waals surface area (Å²) in [6.07, 6.45) is 2.25. The maximum Gasteiger partial charge on any atom is 0.181 e. The average Bonchev–Trinajstić information content (AvgIpc) is 3.09. The van der Waals surface area contributed by atoms with Crippen LogP contribution in [0.4, 0.5) is 0 Å². The molecule has 110 valence electrons. The number of benzene rings is 1. The first-order valence-corrected chi connectivity index (χ1v) is 7.49. The third-order valence-electron chi connectivity index (χ3n) is 3.88. The van der Waals surface area contributed by atoms with Gasteiger partial charge in [-0.3, -0.25) is 9.48 Å². The zero-order chi connectivity index (χ0) is 14.8. The fourth-order valence-corrected chi connectivity index (χ4v) is 2.79. The molecule has 0 saturated heterocycles. The number of rotatable bonds is 5. The summed E-state index contributed by atoms with van der Waals surface area (Å²) >= 11 is 0. The number of ether oxygens (including phenoxy) is 1. The van der Waals surface area contributed by atoms with Crippen LogP contribution in [0.1, 0.15) is 40.7 Å². The Balaban J connectivity index is 1.68. The topological polar surface area (TPSA) is 44.1 Å². The van der Waals surface area contributed by atoms with Gasteiger partial charge in [-0.1, -0.05) is 12.1 Å². The summed E-state index contributed by atoms with van der Waals surface area (Å²) < 4.78 is 7.29. The number of nitrogens with zero attached hydrogens (tertiary/aromatic N) is 2. The number of carbonyl (C=O) groups excluding carboxylic acids is 1. The number of carbonyl (C=O) groups is 1. The summed E-state index contributed by atoms with van der Waals surface area (Å²) in [6, 6.07) is 8.11. The van der Waals surface area contributed by atoms with Crippen LogP contribution in [0.5, 0.6) is 5.75 Å². The number of hydrogen-bond donors (Lipinski definition) is 0. The normalized spacial score (nSPS) is 13.0. The minimum atomic E-state index is 0.161. The van der Waals surface area contributed by atoms with E-state index in [1.54, 1.807) is 4.68 Å². The summed E-state index contributed by atoms with van der Waals surface area (Å²) in [5, 5.41) is 4.33. The maximum absolute atomic E-state index is 12.4. The van der Waals surface area contributed by atoms with Crippen LogP contribution in [0.3, 0.4) is 0 Å². The Labute approximate surface area is 124 Å². The molecule has 1 aliphatic rings. The minimum Gasteiger partial charge on any atom is -0.493 e. The minimum absolute atomic E-state index is 0.161. The van der Waals surface area contributed by atoms with Crippen molar-refractivity contribution in [2.75, 3.05) is 6.61 Å². The molecule has 0 spiro atoms. The van der Waals surface area contributed by atoms with Gasteiger partial charge in [-0.2, -0.15) is 5.10 Å². The molecule has 2 heterocycles. The van der Waals surface area contributed by atoms with E-state index in [2.05, 4.69) is 17.2 Å². The van der Waals surface area contributed by atoms with Gasteiger partial charge in [-0.05, 0) is 43.5 Å². The van der Waals surface area contributed by atoms with E-state index in [1.807, 2.05) is 26.0 Å². The van der Waals surface area contributed by atoms with E-state index in [0.29, 0.717) is 6.42 Å². The van der Waals surface area contributed by atoms with Crippen molar-refractivity contribution in [1.82, 2.24) is 9.78 Å². The van der Waals surface area contributed by atoms with Crippen LogP contribution in [-0.2, 0) is 19.4 Å². The van der Waals surface area contributed by atoms with Gasteiger partial charge in [0.15, 0.2) is 5.78 Å². The first-order valence-electron chi connectivity index (χ1n) is 7.49. The van der Waals surface area contributed by atoms with Gasteiger partial charge in [-0.15, -0.1) is 0 Å². The molecular weight excluding hydrogens is 264 g/mol.